The SMILES string of the molecule is Cc1ccc(-c2ccc3c(c2)Cc2cc4c(cc2-3)oc2cc(-c3cccs3)ccc24)s1. The van der Waals surface area contributed by atoms with Crippen LogP contribution in [0, 0.1) is 6.92 Å². The monoisotopic (exact) mass is 434 g/mol. The molecule has 0 saturated heterocycles. The number of thiophene rings is 2. The molecule has 31 heavy (non-hydrogen) atoms. The minimum atomic E-state index is 0.966. The van der Waals surface area contributed by atoms with Crippen LogP contribution < -0.4 is 0 Å². The number of hydrogen-bond acceptors (Lipinski definition) is 3. The maximum absolute atomic E-state index is 6.33. The second-order valence-electron chi connectivity index (χ2n) is 8.25. The van der Waals surface area contributed by atoms with Crippen LogP contribution in [-0.4, -0.2) is 0 Å². The maximum Gasteiger partial charge on any atom is 0.136 e. The minimum Gasteiger partial charge on any atom is -0.456 e. The molecule has 6 aromatic rings. The summed E-state index contributed by atoms with van der Waals surface area (Å²) in [4.78, 5) is 3.97. The predicted molar refractivity (Wildman–Crippen MR) is 133 cm³/mol. The third-order valence-corrected chi connectivity index (χ3v) is 8.27. The van der Waals surface area contributed by atoms with Gasteiger partial charge >= 0.3 is 0 Å². The number of furan rings is 1. The van der Waals surface area contributed by atoms with Crippen LogP contribution in [-0.2, 0) is 6.42 Å². The molecule has 0 radical (unpaired) electrons. The molecule has 0 fully saturated rings. The van der Waals surface area contributed by atoms with Gasteiger partial charge in [-0.2, -0.15) is 0 Å². The van der Waals surface area contributed by atoms with Crippen LogP contribution in [0.25, 0.3) is 53.9 Å². The number of aryl methyl sites for hydroxylation is 1. The summed E-state index contributed by atoms with van der Waals surface area (Å²) in [5, 5.41) is 4.53. The normalized spacial score (nSPS) is 12.5. The summed E-state index contributed by atoms with van der Waals surface area (Å²) >= 11 is 3.62. The van der Waals surface area contributed by atoms with E-state index in [-0.39, 0.29) is 0 Å². The Morgan fingerprint density at radius 3 is 2.39 bits per heavy atom. The van der Waals surface area contributed by atoms with E-state index < -0.39 is 0 Å². The number of benzene rings is 3. The topological polar surface area (TPSA) is 13.1 Å². The average molecular weight is 435 g/mol. The average Bonchev–Trinajstić information content (AvgIpc) is 3.56. The number of rotatable bonds is 2. The fraction of sp³-hybridized carbons (Fsp3) is 0.0714. The molecule has 3 aromatic carbocycles. The quantitative estimate of drug-likeness (QED) is 0.265. The zero-order valence-corrected chi connectivity index (χ0v) is 18.6. The molecule has 3 aromatic heterocycles. The zero-order chi connectivity index (χ0) is 20.5. The molecule has 1 nitrogen and oxygen atoms in total. The molecule has 0 bridgehead atoms. The van der Waals surface area contributed by atoms with E-state index in [4.69, 9.17) is 4.42 Å². The Hall–Kier alpha value is -3.14. The van der Waals surface area contributed by atoms with Crippen molar-refractivity contribution >= 4 is 44.6 Å². The summed E-state index contributed by atoms with van der Waals surface area (Å²) < 4.78 is 6.33. The van der Waals surface area contributed by atoms with Crippen LogP contribution >= 0.6 is 22.7 Å². The molecule has 1 aliphatic rings. The summed E-state index contributed by atoms with van der Waals surface area (Å²) in [5.74, 6) is 0. The molecule has 0 unspecified atom stereocenters. The van der Waals surface area contributed by atoms with Crippen LogP contribution in [0.15, 0.2) is 82.6 Å². The predicted octanol–water partition coefficient (Wildman–Crippen LogP) is 8.92. The molecule has 3 heterocycles. The van der Waals surface area contributed by atoms with Crippen molar-refractivity contribution in [1.29, 1.82) is 0 Å². The van der Waals surface area contributed by atoms with E-state index in [9.17, 15) is 0 Å². The first-order valence-electron chi connectivity index (χ1n) is 10.5. The minimum absolute atomic E-state index is 0.966. The first kappa shape index (κ1) is 17.5. The van der Waals surface area contributed by atoms with Crippen LogP contribution in [0.4, 0.5) is 0 Å². The lowest BCUT2D eigenvalue weighted by molar-refractivity contribution is 0.669. The van der Waals surface area contributed by atoms with E-state index in [1.165, 1.54) is 58.8 Å². The molecule has 0 saturated carbocycles. The largest absolute Gasteiger partial charge is 0.456 e. The van der Waals surface area contributed by atoms with E-state index >= 15 is 0 Å². The summed E-state index contributed by atoms with van der Waals surface area (Å²) in [7, 11) is 0. The van der Waals surface area contributed by atoms with Crippen molar-refractivity contribution in [2.24, 2.45) is 0 Å². The highest BCUT2D eigenvalue weighted by molar-refractivity contribution is 7.15. The van der Waals surface area contributed by atoms with E-state index in [1.54, 1.807) is 11.3 Å². The smallest absolute Gasteiger partial charge is 0.136 e. The van der Waals surface area contributed by atoms with Crippen molar-refractivity contribution in [2.45, 2.75) is 13.3 Å². The van der Waals surface area contributed by atoms with Gasteiger partial charge in [-0.15, -0.1) is 22.7 Å². The highest BCUT2D eigenvalue weighted by atomic mass is 32.1. The zero-order valence-electron chi connectivity index (χ0n) is 16.9. The van der Waals surface area contributed by atoms with Gasteiger partial charge in [-0.25, -0.2) is 0 Å². The molecule has 7 rings (SSSR count). The summed E-state index contributed by atoms with van der Waals surface area (Å²) in [6.07, 6.45) is 0.985. The second kappa shape index (κ2) is 6.43. The molecule has 1 aliphatic carbocycles. The standard InChI is InChI=1S/C28H18OS2/c1-16-4-9-28(31-16)17-5-7-21-19(11-17)12-20-13-24-22-8-6-18(27-3-2-10-30-27)14-25(22)29-26(24)15-23(20)21/h2-11,13-15H,12H2,1H3. The van der Waals surface area contributed by atoms with Crippen molar-refractivity contribution in [3.8, 4) is 32.0 Å². The van der Waals surface area contributed by atoms with E-state index in [2.05, 4.69) is 85.1 Å². The van der Waals surface area contributed by atoms with Gasteiger partial charge in [-0.3, -0.25) is 0 Å². The third kappa shape index (κ3) is 2.67. The van der Waals surface area contributed by atoms with Gasteiger partial charge in [0.2, 0.25) is 0 Å². The van der Waals surface area contributed by atoms with Gasteiger partial charge < -0.3 is 4.42 Å². The molecule has 0 atom stereocenters. The summed E-state index contributed by atoms with van der Waals surface area (Å²) in [6.45, 7) is 2.17. The lowest BCUT2D eigenvalue weighted by atomic mass is 10.0. The fourth-order valence-electron chi connectivity index (χ4n) is 4.81. The fourth-order valence-corrected chi connectivity index (χ4v) is 6.40. The van der Waals surface area contributed by atoms with Crippen LogP contribution in [0.5, 0.6) is 0 Å². The molecule has 0 amide bonds. The van der Waals surface area contributed by atoms with E-state index in [0.717, 1.165) is 17.6 Å². The Bertz CT molecular complexity index is 1610. The van der Waals surface area contributed by atoms with Gasteiger partial charge in [-0.1, -0.05) is 24.3 Å². The number of hydrogen-bond donors (Lipinski definition) is 0. The lowest BCUT2D eigenvalue weighted by Crippen LogP contribution is -1.81. The molecule has 0 aliphatic heterocycles. The highest BCUT2D eigenvalue weighted by Crippen LogP contribution is 2.43. The second-order valence-corrected chi connectivity index (χ2v) is 10.5. The Balaban J connectivity index is 1.35. The molecular formula is C28H18OS2. The van der Waals surface area contributed by atoms with Crippen molar-refractivity contribution in [2.75, 3.05) is 0 Å². The lowest BCUT2D eigenvalue weighted by Gasteiger charge is -2.04. The van der Waals surface area contributed by atoms with Crippen molar-refractivity contribution in [3.63, 3.8) is 0 Å². The Morgan fingerprint density at radius 2 is 1.55 bits per heavy atom. The van der Waals surface area contributed by atoms with Gasteiger partial charge in [0.05, 0.1) is 0 Å². The van der Waals surface area contributed by atoms with Gasteiger partial charge in [0.15, 0.2) is 0 Å². The molecule has 148 valence electrons. The van der Waals surface area contributed by atoms with Crippen LogP contribution in [0.3, 0.4) is 0 Å². The molecule has 0 N–H and O–H groups in total. The van der Waals surface area contributed by atoms with Gasteiger partial charge in [-0.05, 0) is 101 Å². The molecule has 0 spiro atoms. The molecular weight excluding hydrogens is 416 g/mol. The van der Waals surface area contributed by atoms with Crippen molar-refractivity contribution < 1.29 is 4.42 Å². The first-order valence-corrected chi connectivity index (χ1v) is 12.2. The van der Waals surface area contributed by atoms with E-state index in [0.29, 0.717) is 0 Å². The Labute approximate surface area is 188 Å². The van der Waals surface area contributed by atoms with Crippen molar-refractivity contribution in [3.05, 3.63) is 94.2 Å². The van der Waals surface area contributed by atoms with Crippen LogP contribution in [0.1, 0.15) is 16.0 Å². The summed E-state index contributed by atoms with van der Waals surface area (Å²) in [6, 6.07) is 26.8. The first-order chi connectivity index (χ1) is 15.2. The van der Waals surface area contributed by atoms with Gasteiger partial charge in [0.25, 0.3) is 0 Å². The maximum atomic E-state index is 6.33. The van der Waals surface area contributed by atoms with Crippen LogP contribution in [0.2, 0.25) is 0 Å². The number of fused-ring (bicyclic) bond motifs is 6. The van der Waals surface area contributed by atoms with Gasteiger partial charge in [0, 0.05) is 25.4 Å². The highest BCUT2D eigenvalue weighted by Gasteiger charge is 2.22. The Kier molecular flexibility index (Phi) is 3.64. The molecule has 3 heteroatoms. The van der Waals surface area contributed by atoms with Crippen molar-refractivity contribution in [1.82, 2.24) is 0 Å². The van der Waals surface area contributed by atoms with Gasteiger partial charge in [0.1, 0.15) is 11.2 Å². The third-order valence-electron chi connectivity index (χ3n) is 6.30. The van der Waals surface area contributed by atoms with E-state index in [1.807, 2.05) is 11.3 Å². The summed E-state index contributed by atoms with van der Waals surface area (Å²) in [5.41, 5.74) is 9.94. The Morgan fingerprint density at radius 1 is 0.710 bits per heavy atom.